The van der Waals surface area contributed by atoms with E-state index in [-0.39, 0.29) is 18.5 Å². The molecule has 0 aromatic carbocycles. The number of aliphatic hydroxyl groups excluding tert-OH is 1. The molecule has 78 valence electrons. The molecule has 1 aromatic rings. The molecule has 0 spiro atoms. The maximum atomic E-state index is 11.2. The van der Waals surface area contributed by atoms with Gasteiger partial charge in [0.2, 0.25) is 0 Å². The molecule has 0 saturated heterocycles. The number of esters is 1. The molecule has 0 fully saturated rings. The maximum Gasteiger partial charge on any atom is 0.348 e. The zero-order valence-electron chi connectivity index (χ0n) is 8.32. The highest BCUT2D eigenvalue weighted by atomic mass is 32.1. The minimum Gasteiger partial charge on any atom is -0.465 e. The van der Waals surface area contributed by atoms with Gasteiger partial charge in [0, 0.05) is 10.8 Å². The largest absolute Gasteiger partial charge is 0.465 e. The van der Waals surface area contributed by atoms with Crippen LogP contribution in [0.3, 0.4) is 0 Å². The molecule has 1 rings (SSSR count). The van der Waals surface area contributed by atoms with Crippen LogP contribution in [0.2, 0.25) is 0 Å². The van der Waals surface area contributed by atoms with Crippen LogP contribution < -0.4 is 0 Å². The topological polar surface area (TPSA) is 46.5 Å². The molecule has 1 atom stereocenters. The molecule has 1 aromatic heterocycles. The molecule has 0 saturated carbocycles. The lowest BCUT2D eigenvalue weighted by Gasteiger charge is -2.07. The van der Waals surface area contributed by atoms with Crippen LogP contribution in [0.1, 0.15) is 33.8 Å². The Balaban J connectivity index is 2.81. The van der Waals surface area contributed by atoms with Gasteiger partial charge in [0.15, 0.2) is 0 Å². The Morgan fingerprint density at radius 3 is 2.86 bits per heavy atom. The molecule has 4 heteroatoms. The van der Waals surface area contributed by atoms with Crippen LogP contribution >= 0.6 is 11.3 Å². The summed E-state index contributed by atoms with van der Waals surface area (Å²) in [6.07, 6.45) is 0.873. The number of aliphatic hydroxyl groups is 1. The van der Waals surface area contributed by atoms with E-state index in [4.69, 9.17) is 5.11 Å². The molecule has 0 amide bonds. The van der Waals surface area contributed by atoms with E-state index in [2.05, 4.69) is 4.74 Å². The third-order valence-electron chi connectivity index (χ3n) is 2.13. The molecule has 1 unspecified atom stereocenters. The van der Waals surface area contributed by atoms with E-state index < -0.39 is 0 Å². The molecular formula is C10H14O3S. The van der Waals surface area contributed by atoms with Gasteiger partial charge in [-0.2, -0.15) is 0 Å². The fraction of sp³-hybridized carbons (Fsp3) is 0.500. The number of thiophene rings is 1. The number of carbonyl (C=O) groups is 1. The molecule has 1 N–H and O–H groups in total. The summed E-state index contributed by atoms with van der Waals surface area (Å²) in [6.45, 7) is 2.13. The number of hydrogen-bond donors (Lipinski definition) is 1. The zero-order chi connectivity index (χ0) is 10.6. The fourth-order valence-electron chi connectivity index (χ4n) is 1.20. The van der Waals surface area contributed by atoms with Crippen LogP contribution in [0.15, 0.2) is 12.1 Å². The summed E-state index contributed by atoms with van der Waals surface area (Å²) < 4.78 is 4.61. The number of ether oxygens (including phenoxy) is 1. The maximum absolute atomic E-state index is 11.2. The Hall–Kier alpha value is -0.870. The molecule has 0 bridgehead atoms. The van der Waals surface area contributed by atoms with Crippen molar-refractivity contribution in [3.05, 3.63) is 21.9 Å². The van der Waals surface area contributed by atoms with E-state index in [1.807, 2.05) is 13.0 Å². The SMILES string of the molecule is CCC(CO)c1ccc(C(=O)OC)s1. The highest BCUT2D eigenvalue weighted by Gasteiger charge is 2.14. The van der Waals surface area contributed by atoms with Gasteiger partial charge >= 0.3 is 5.97 Å². The molecule has 0 aliphatic rings. The summed E-state index contributed by atoms with van der Waals surface area (Å²) in [5, 5.41) is 9.08. The predicted octanol–water partition coefficient (Wildman–Crippen LogP) is 2.02. The molecule has 3 nitrogen and oxygen atoms in total. The van der Waals surface area contributed by atoms with Crippen molar-refractivity contribution in [2.24, 2.45) is 0 Å². The summed E-state index contributed by atoms with van der Waals surface area (Å²) in [5.74, 6) is -0.174. The van der Waals surface area contributed by atoms with Crippen molar-refractivity contribution in [2.75, 3.05) is 13.7 Å². The number of hydrogen-bond acceptors (Lipinski definition) is 4. The lowest BCUT2D eigenvalue weighted by Crippen LogP contribution is -2.00. The first-order valence-electron chi connectivity index (χ1n) is 4.51. The monoisotopic (exact) mass is 214 g/mol. The molecule has 0 aliphatic heterocycles. The lowest BCUT2D eigenvalue weighted by molar-refractivity contribution is 0.0606. The quantitative estimate of drug-likeness (QED) is 0.780. The first kappa shape index (κ1) is 11.2. The van der Waals surface area contributed by atoms with Gasteiger partial charge in [-0.1, -0.05) is 6.92 Å². The Labute approximate surface area is 87.3 Å². The second kappa shape index (κ2) is 5.12. The molecule has 0 radical (unpaired) electrons. The van der Waals surface area contributed by atoms with Gasteiger partial charge in [0.25, 0.3) is 0 Å². The van der Waals surface area contributed by atoms with Crippen molar-refractivity contribution in [2.45, 2.75) is 19.3 Å². The normalized spacial score (nSPS) is 12.5. The van der Waals surface area contributed by atoms with Crippen molar-refractivity contribution in [1.82, 2.24) is 0 Å². The van der Waals surface area contributed by atoms with Crippen LogP contribution in [0.5, 0.6) is 0 Å². The first-order chi connectivity index (χ1) is 6.72. The van der Waals surface area contributed by atoms with Gasteiger partial charge in [-0.05, 0) is 18.6 Å². The summed E-state index contributed by atoms with van der Waals surface area (Å²) in [6, 6.07) is 3.62. The van der Waals surface area contributed by atoms with Gasteiger partial charge in [0.05, 0.1) is 13.7 Å². The average molecular weight is 214 g/mol. The standard InChI is InChI=1S/C10H14O3S/c1-3-7(6-11)8-4-5-9(14-8)10(12)13-2/h4-5,7,11H,3,6H2,1-2H3. The Morgan fingerprint density at radius 2 is 2.36 bits per heavy atom. The van der Waals surface area contributed by atoms with Gasteiger partial charge in [-0.3, -0.25) is 0 Å². The molecule has 14 heavy (non-hydrogen) atoms. The van der Waals surface area contributed by atoms with Crippen molar-refractivity contribution in [3.63, 3.8) is 0 Å². The third kappa shape index (κ3) is 2.33. The van der Waals surface area contributed by atoms with Crippen LogP contribution in [0, 0.1) is 0 Å². The Morgan fingerprint density at radius 1 is 1.64 bits per heavy atom. The van der Waals surface area contributed by atoms with Gasteiger partial charge in [0.1, 0.15) is 4.88 Å². The van der Waals surface area contributed by atoms with Crippen LogP contribution in [0.25, 0.3) is 0 Å². The number of methoxy groups -OCH3 is 1. The fourth-order valence-corrected chi connectivity index (χ4v) is 2.30. The van der Waals surface area contributed by atoms with Crippen LogP contribution in [0.4, 0.5) is 0 Å². The summed E-state index contributed by atoms with van der Waals surface area (Å²) in [5.41, 5.74) is 0. The van der Waals surface area contributed by atoms with Crippen molar-refractivity contribution < 1.29 is 14.6 Å². The molecule has 1 heterocycles. The molecule has 0 aliphatic carbocycles. The molecular weight excluding hydrogens is 200 g/mol. The minimum atomic E-state index is -0.311. The van der Waals surface area contributed by atoms with E-state index >= 15 is 0 Å². The smallest absolute Gasteiger partial charge is 0.348 e. The first-order valence-corrected chi connectivity index (χ1v) is 5.33. The van der Waals surface area contributed by atoms with E-state index in [0.717, 1.165) is 11.3 Å². The van der Waals surface area contributed by atoms with Crippen molar-refractivity contribution in [3.8, 4) is 0 Å². The van der Waals surface area contributed by atoms with Crippen LogP contribution in [-0.4, -0.2) is 24.8 Å². The summed E-state index contributed by atoms with van der Waals surface area (Å²) in [4.78, 5) is 12.8. The van der Waals surface area contributed by atoms with Crippen LogP contribution in [-0.2, 0) is 4.74 Å². The van der Waals surface area contributed by atoms with Gasteiger partial charge < -0.3 is 9.84 Å². The Kier molecular flexibility index (Phi) is 4.10. The second-order valence-corrected chi connectivity index (χ2v) is 4.10. The number of carbonyl (C=O) groups excluding carboxylic acids is 1. The number of rotatable bonds is 4. The third-order valence-corrected chi connectivity index (χ3v) is 3.36. The summed E-state index contributed by atoms with van der Waals surface area (Å²) in [7, 11) is 1.37. The zero-order valence-corrected chi connectivity index (χ0v) is 9.13. The second-order valence-electron chi connectivity index (χ2n) is 2.98. The van der Waals surface area contributed by atoms with E-state index in [0.29, 0.717) is 4.88 Å². The van der Waals surface area contributed by atoms with Crippen molar-refractivity contribution in [1.29, 1.82) is 0 Å². The lowest BCUT2D eigenvalue weighted by atomic mass is 10.1. The van der Waals surface area contributed by atoms with Crippen molar-refractivity contribution >= 4 is 17.3 Å². The van der Waals surface area contributed by atoms with E-state index in [1.54, 1.807) is 6.07 Å². The van der Waals surface area contributed by atoms with Gasteiger partial charge in [-0.25, -0.2) is 4.79 Å². The highest BCUT2D eigenvalue weighted by molar-refractivity contribution is 7.14. The van der Waals surface area contributed by atoms with E-state index in [1.165, 1.54) is 18.4 Å². The minimum absolute atomic E-state index is 0.123. The summed E-state index contributed by atoms with van der Waals surface area (Å²) >= 11 is 1.39. The average Bonchev–Trinajstić information content (AvgIpc) is 2.68. The van der Waals surface area contributed by atoms with Gasteiger partial charge in [-0.15, -0.1) is 11.3 Å². The van der Waals surface area contributed by atoms with E-state index in [9.17, 15) is 4.79 Å². The highest BCUT2D eigenvalue weighted by Crippen LogP contribution is 2.27. The predicted molar refractivity (Wildman–Crippen MR) is 55.8 cm³/mol. The Bertz CT molecular complexity index is 302.